The molecule has 8 heteroatoms. The molecule has 0 spiro atoms. The van der Waals surface area contributed by atoms with Crippen LogP contribution in [-0.2, 0) is 16.1 Å². The Labute approximate surface area is 175 Å². The van der Waals surface area contributed by atoms with Crippen molar-refractivity contribution in [2.75, 3.05) is 37.6 Å². The van der Waals surface area contributed by atoms with Gasteiger partial charge in [0.25, 0.3) is 5.91 Å². The molecule has 1 saturated carbocycles. The van der Waals surface area contributed by atoms with Gasteiger partial charge in [-0.3, -0.25) is 24.6 Å². The minimum Gasteiger partial charge on any atom is -0.367 e. The van der Waals surface area contributed by atoms with E-state index >= 15 is 0 Å². The highest BCUT2D eigenvalue weighted by molar-refractivity contribution is 6.05. The summed E-state index contributed by atoms with van der Waals surface area (Å²) in [6.07, 6.45) is 4.53. The summed E-state index contributed by atoms with van der Waals surface area (Å²) in [6, 6.07) is 2.42. The number of hydrogen-bond acceptors (Lipinski definition) is 5. The Kier molecular flexibility index (Phi) is 4.97. The van der Waals surface area contributed by atoms with Gasteiger partial charge in [0.05, 0.1) is 5.69 Å². The average molecular weight is 414 g/mol. The number of piperazine rings is 1. The van der Waals surface area contributed by atoms with Gasteiger partial charge in [-0.1, -0.05) is 6.42 Å². The number of carbonyl (C=O) groups excluding carboxylic acids is 3. The minimum absolute atomic E-state index is 0.210. The number of imide groups is 1. The fourth-order valence-electron chi connectivity index (χ4n) is 5.03. The summed E-state index contributed by atoms with van der Waals surface area (Å²) >= 11 is 0. The Morgan fingerprint density at radius 3 is 2.47 bits per heavy atom. The molecule has 7 nitrogen and oxygen atoms in total. The zero-order valence-corrected chi connectivity index (χ0v) is 17.0. The summed E-state index contributed by atoms with van der Waals surface area (Å²) in [7, 11) is 0. The van der Waals surface area contributed by atoms with Crippen molar-refractivity contribution in [2.24, 2.45) is 5.92 Å². The lowest BCUT2D eigenvalue weighted by molar-refractivity contribution is -0.136. The molecule has 3 fully saturated rings. The summed E-state index contributed by atoms with van der Waals surface area (Å²) in [4.78, 5) is 42.4. The van der Waals surface area contributed by atoms with Gasteiger partial charge in [0.15, 0.2) is 0 Å². The standard InChI is InChI=1S/C22H27FN4O3/c23-17-11-16-15(13-27(22(16)30)18-4-5-20(28)24-21(18)29)10-19(17)26-8-6-25(7-9-26)12-14-2-1-3-14/h10-11,14,18H,1-9,12-13H2,(H,24,28,29). The first-order valence-corrected chi connectivity index (χ1v) is 10.9. The van der Waals surface area contributed by atoms with Crippen molar-refractivity contribution >= 4 is 23.4 Å². The monoisotopic (exact) mass is 414 g/mol. The number of nitrogens with one attached hydrogen (secondary N) is 1. The number of nitrogens with zero attached hydrogens (tertiary/aromatic N) is 3. The van der Waals surface area contributed by atoms with Gasteiger partial charge in [0.2, 0.25) is 11.8 Å². The van der Waals surface area contributed by atoms with Gasteiger partial charge in [0, 0.05) is 51.3 Å². The molecule has 4 aliphatic rings. The number of hydrogen-bond donors (Lipinski definition) is 1. The molecule has 1 aromatic carbocycles. The van der Waals surface area contributed by atoms with Crippen LogP contribution in [-0.4, -0.2) is 66.3 Å². The molecule has 0 radical (unpaired) electrons. The lowest BCUT2D eigenvalue weighted by atomic mass is 9.85. The maximum Gasteiger partial charge on any atom is 0.255 e. The lowest BCUT2D eigenvalue weighted by Crippen LogP contribution is -2.52. The molecule has 3 aliphatic heterocycles. The van der Waals surface area contributed by atoms with Crippen molar-refractivity contribution in [3.05, 3.63) is 29.1 Å². The molecule has 1 atom stereocenters. The van der Waals surface area contributed by atoms with Crippen LogP contribution in [0.2, 0.25) is 0 Å². The van der Waals surface area contributed by atoms with E-state index in [1.807, 2.05) is 0 Å². The van der Waals surface area contributed by atoms with Gasteiger partial charge < -0.3 is 9.80 Å². The fourth-order valence-corrected chi connectivity index (χ4v) is 5.03. The molecule has 2 saturated heterocycles. The number of carbonyl (C=O) groups is 3. The van der Waals surface area contributed by atoms with Crippen LogP contribution in [0.4, 0.5) is 10.1 Å². The van der Waals surface area contributed by atoms with Crippen LogP contribution in [0.3, 0.4) is 0 Å². The normalized spacial score (nSPS) is 25.4. The van der Waals surface area contributed by atoms with Crippen LogP contribution >= 0.6 is 0 Å². The summed E-state index contributed by atoms with van der Waals surface area (Å²) < 4.78 is 14.9. The van der Waals surface area contributed by atoms with E-state index in [2.05, 4.69) is 15.1 Å². The van der Waals surface area contributed by atoms with E-state index in [1.54, 1.807) is 6.07 Å². The van der Waals surface area contributed by atoms with Crippen molar-refractivity contribution in [3.8, 4) is 0 Å². The fraction of sp³-hybridized carbons (Fsp3) is 0.591. The zero-order chi connectivity index (χ0) is 20.8. The first-order chi connectivity index (χ1) is 14.5. The highest BCUT2D eigenvalue weighted by Crippen LogP contribution is 2.33. The topological polar surface area (TPSA) is 73.0 Å². The number of anilines is 1. The third-order valence-corrected chi connectivity index (χ3v) is 7.05. The molecule has 1 aromatic rings. The van der Waals surface area contributed by atoms with E-state index in [1.165, 1.54) is 30.2 Å². The zero-order valence-electron chi connectivity index (χ0n) is 17.0. The van der Waals surface area contributed by atoms with Crippen molar-refractivity contribution in [3.63, 3.8) is 0 Å². The number of halogens is 1. The Bertz CT molecular complexity index is 893. The van der Waals surface area contributed by atoms with Gasteiger partial charge in [-0.25, -0.2) is 4.39 Å². The number of fused-ring (bicyclic) bond motifs is 1. The second-order valence-corrected chi connectivity index (χ2v) is 8.95. The van der Waals surface area contributed by atoms with Crippen molar-refractivity contribution in [1.29, 1.82) is 0 Å². The summed E-state index contributed by atoms with van der Waals surface area (Å²) in [5, 5.41) is 2.30. The molecular formula is C22H27FN4O3. The Morgan fingerprint density at radius 1 is 1.03 bits per heavy atom. The largest absolute Gasteiger partial charge is 0.367 e. The molecule has 5 rings (SSSR count). The molecule has 3 amide bonds. The molecular weight excluding hydrogens is 387 g/mol. The first kappa shape index (κ1) is 19.5. The molecule has 0 aromatic heterocycles. The third-order valence-electron chi connectivity index (χ3n) is 7.05. The number of amides is 3. The van der Waals surface area contributed by atoms with Crippen LogP contribution in [0.25, 0.3) is 0 Å². The first-order valence-electron chi connectivity index (χ1n) is 10.9. The highest BCUT2D eigenvalue weighted by atomic mass is 19.1. The van der Waals surface area contributed by atoms with E-state index in [-0.39, 0.29) is 30.6 Å². The second-order valence-electron chi connectivity index (χ2n) is 8.95. The van der Waals surface area contributed by atoms with E-state index in [0.717, 1.165) is 44.2 Å². The Balaban J connectivity index is 1.28. The van der Waals surface area contributed by atoms with Crippen LogP contribution in [0.1, 0.15) is 48.0 Å². The van der Waals surface area contributed by atoms with E-state index < -0.39 is 11.9 Å². The van der Waals surface area contributed by atoms with Gasteiger partial charge >= 0.3 is 0 Å². The van der Waals surface area contributed by atoms with Crippen molar-refractivity contribution in [1.82, 2.24) is 15.1 Å². The quantitative estimate of drug-likeness (QED) is 0.757. The summed E-state index contributed by atoms with van der Waals surface area (Å²) in [5.41, 5.74) is 1.61. The lowest BCUT2D eigenvalue weighted by Gasteiger charge is -2.39. The van der Waals surface area contributed by atoms with Crippen molar-refractivity contribution in [2.45, 2.75) is 44.7 Å². The van der Waals surface area contributed by atoms with Crippen LogP contribution in [0.5, 0.6) is 0 Å². The van der Waals surface area contributed by atoms with Gasteiger partial charge in [-0.15, -0.1) is 0 Å². The van der Waals surface area contributed by atoms with Crippen molar-refractivity contribution < 1.29 is 18.8 Å². The van der Waals surface area contributed by atoms with E-state index in [9.17, 15) is 18.8 Å². The molecule has 160 valence electrons. The Hall–Kier alpha value is -2.48. The molecule has 3 heterocycles. The highest BCUT2D eigenvalue weighted by Gasteiger charge is 2.40. The maximum atomic E-state index is 14.9. The van der Waals surface area contributed by atoms with E-state index in [0.29, 0.717) is 17.7 Å². The van der Waals surface area contributed by atoms with Gasteiger partial charge in [-0.05, 0) is 42.9 Å². The molecule has 1 N–H and O–H groups in total. The molecule has 1 unspecified atom stereocenters. The van der Waals surface area contributed by atoms with Gasteiger partial charge in [-0.2, -0.15) is 0 Å². The maximum absolute atomic E-state index is 14.9. The number of benzene rings is 1. The van der Waals surface area contributed by atoms with E-state index in [4.69, 9.17) is 0 Å². The molecule has 30 heavy (non-hydrogen) atoms. The second kappa shape index (κ2) is 7.65. The predicted octanol–water partition coefficient (Wildman–Crippen LogP) is 1.51. The minimum atomic E-state index is -0.677. The predicted molar refractivity (Wildman–Crippen MR) is 108 cm³/mol. The molecule has 0 bridgehead atoms. The third kappa shape index (κ3) is 3.47. The summed E-state index contributed by atoms with van der Waals surface area (Å²) in [6.45, 7) is 4.81. The Morgan fingerprint density at radius 2 is 1.80 bits per heavy atom. The smallest absolute Gasteiger partial charge is 0.255 e. The number of rotatable bonds is 4. The van der Waals surface area contributed by atoms with Crippen LogP contribution in [0, 0.1) is 11.7 Å². The SMILES string of the molecule is O=C1CCC(N2Cc3cc(N4CCN(CC5CCC5)CC4)c(F)cc3C2=O)C(=O)N1. The number of piperidine rings is 1. The van der Waals surface area contributed by atoms with Gasteiger partial charge in [0.1, 0.15) is 11.9 Å². The molecule has 1 aliphatic carbocycles. The average Bonchev–Trinajstić information content (AvgIpc) is 3.00. The summed E-state index contributed by atoms with van der Waals surface area (Å²) in [5.74, 6) is -0.659. The van der Waals surface area contributed by atoms with Crippen LogP contribution in [0.15, 0.2) is 12.1 Å². The van der Waals surface area contributed by atoms with Crippen LogP contribution < -0.4 is 10.2 Å².